The van der Waals surface area contributed by atoms with E-state index in [4.69, 9.17) is 5.73 Å². The highest BCUT2D eigenvalue weighted by atomic mass is 14.5. The highest BCUT2D eigenvalue weighted by Gasteiger charge is 2.17. The molecule has 0 bridgehead atoms. The molecule has 0 amide bonds. The van der Waals surface area contributed by atoms with E-state index >= 15 is 0 Å². The lowest BCUT2D eigenvalue weighted by Gasteiger charge is -2.24. The van der Waals surface area contributed by atoms with Gasteiger partial charge in [0.25, 0.3) is 0 Å². The van der Waals surface area contributed by atoms with Crippen LogP contribution in [0.5, 0.6) is 0 Å². The van der Waals surface area contributed by atoms with Crippen LogP contribution in [0.3, 0.4) is 0 Å². The van der Waals surface area contributed by atoms with Gasteiger partial charge in [0.05, 0.1) is 0 Å². The number of aryl methyl sites for hydroxylation is 1. The summed E-state index contributed by atoms with van der Waals surface area (Å²) in [5, 5.41) is 0. The Morgan fingerprint density at radius 1 is 1.11 bits per heavy atom. The second kappa shape index (κ2) is 7.58. The van der Waals surface area contributed by atoms with Crippen LogP contribution in [-0.2, 0) is 12.8 Å². The molecular weight excluding hydrogens is 218 g/mol. The van der Waals surface area contributed by atoms with Gasteiger partial charge in [0.15, 0.2) is 0 Å². The molecule has 1 rings (SSSR count). The molecule has 0 atom stereocenters. The van der Waals surface area contributed by atoms with Gasteiger partial charge in [-0.1, -0.05) is 57.9 Å². The summed E-state index contributed by atoms with van der Waals surface area (Å²) in [5.41, 5.74) is 8.90. The highest BCUT2D eigenvalue weighted by Crippen LogP contribution is 2.28. The number of unbranched alkanes of at least 4 members (excludes halogenated alkanes) is 1. The Bertz CT molecular complexity index is 341. The monoisotopic (exact) mass is 247 g/mol. The van der Waals surface area contributed by atoms with Crippen LogP contribution in [0.25, 0.3) is 0 Å². The summed E-state index contributed by atoms with van der Waals surface area (Å²) in [5.74, 6) is 0. The molecule has 1 heteroatoms. The van der Waals surface area contributed by atoms with Gasteiger partial charge in [-0.05, 0) is 48.8 Å². The largest absolute Gasteiger partial charge is 0.330 e. The number of rotatable bonds is 8. The number of nitrogens with two attached hydrogens (primary N) is 1. The first kappa shape index (κ1) is 15.2. The van der Waals surface area contributed by atoms with Crippen molar-refractivity contribution < 1.29 is 0 Å². The number of hydrogen-bond donors (Lipinski definition) is 1. The SMILES string of the molecule is CCCCC(C)(C)Cc1cccc(CCCN)c1. The van der Waals surface area contributed by atoms with E-state index in [-0.39, 0.29) is 0 Å². The minimum atomic E-state index is 0.419. The van der Waals surface area contributed by atoms with E-state index in [1.165, 1.54) is 36.8 Å². The first-order chi connectivity index (χ1) is 8.57. The topological polar surface area (TPSA) is 26.0 Å². The molecule has 1 aromatic carbocycles. The van der Waals surface area contributed by atoms with Gasteiger partial charge in [-0.25, -0.2) is 0 Å². The lowest BCUT2D eigenvalue weighted by atomic mass is 9.81. The summed E-state index contributed by atoms with van der Waals surface area (Å²) >= 11 is 0. The lowest BCUT2D eigenvalue weighted by Crippen LogP contribution is -2.15. The van der Waals surface area contributed by atoms with Gasteiger partial charge in [0, 0.05) is 0 Å². The molecule has 102 valence electrons. The normalized spacial score (nSPS) is 11.8. The molecule has 1 aromatic rings. The first-order valence-corrected chi connectivity index (χ1v) is 7.35. The maximum Gasteiger partial charge on any atom is -0.00741 e. The van der Waals surface area contributed by atoms with Gasteiger partial charge < -0.3 is 5.73 Å². The molecule has 0 heterocycles. The molecule has 0 radical (unpaired) electrons. The molecule has 0 fully saturated rings. The van der Waals surface area contributed by atoms with E-state index in [9.17, 15) is 0 Å². The molecule has 0 aromatic heterocycles. The fraction of sp³-hybridized carbons (Fsp3) is 0.647. The summed E-state index contributed by atoms with van der Waals surface area (Å²) in [6.07, 6.45) is 7.32. The standard InChI is InChI=1S/C17H29N/c1-4-5-11-17(2,3)14-16-9-6-8-15(13-16)10-7-12-18/h6,8-9,13H,4-5,7,10-12,14,18H2,1-3H3. The maximum absolute atomic E-state index is 5.57. The second-order valence-corrected chi connectivity index (χ2v) is 6.16. The molecule has 18 heavy (non-hydrogen) atoms. The van der Waals surface area contributed by atoms with Crippen LogP contribution in [0, 0.1) is 5.41 Å². The molecule has 0 saturated carbocycles. The van der Waals surface area contributed by atoms with E-state index in [2.05, 4.69) is 45.0 Å². The Morgan fingerprint density at radius 2 is 1.83 bits per heavy atom. The number of benzene rings is 1. The summed E-state index contributed by atoms with van der Waals surface area (Å²) < 4.78 is 0. The Morgan fingerprint density at radius 3 is 2.50 bits per heavy atom. The van der Waals surface area contributed by atoms with E-state index < -0.39 is 0 Å². The van der Waals surface area contributed by atoms with Crippen LogP contribution in [-0.4, -0.2) is 6.54 Å². The van der Waals surface area contributed by atoms with Crippen molar-refractivity contribution in [2.45, 2.75) is 59.3 Å². The van der Waals surface area contributed by atoms with Crippen molar-refractivity contribution in [3.63, 3.8) is 0 Å². The number of hydrogen-bond acceptors (Lipinski definition) is 1. The van der Waals surface area contributed by atoms with Gasteiger partial charge in [-0.3, -0.25) is 0 Å². The third-order valence-electron chi connectivity index (χ3n) is 3.55. The van der Waals surface area contributed by atoms with Crippen molar-refractivity contribution in [2.24, 2.45) is 11.1 Å². The molecule has 0 unspecified atom stereocenters. The molecular formula is C17H29N. The van der Waals surface area contributed by atoms with Gasteiger partial charge in [0.1, 0.15) is 0 Å². The summed E-state index contributed by atoms with van der Waals surface area (Å²) in [6.45, 7) is 7.82. The third-order valence-corrected chi connectivity index (χ3v) is 3.55. The first-order valence-electron chi connectivity index (χ1n) is 7.35. The van der Waals surface area contributed by atoms with E-state index in [0.29, 0.717) is 5.41 Å². The zero-order valence-electron chi connectivity index (χ0n) is 12.3. The summed E-state index contributed by atoms with van der Waals surface area (Å²) in [7, 11) is 0. The predicted octanol–water partition coefficient (Wildman–Crippen LogP) is 4.34. The molecule has 2 N–H and O–H groups in total. The zero-order valence-corrected chi connectivity index (χ0v) is 12.3. The van der Waals surface area contributed by atoms with Crippen LogP contribution >= 0.6 is 0 Å². The molecule has 1 nitrogen and oxygen atoms in total. The van der Waals surface area contributed by atoms with Crippen LogP contribution in [0.2, 0.25) is 0 Å². The van der Waals surface area contributed by atoms with Crippen molar-refractivity contribution in [1.29, 1.82) is 0 Å². The van der Waals surface area contributed by atoms with Crippen LogP contribution < -0.4 is 5.73 Å². The second-order valence-electron chi connectivity index (χ2n) is 6.16. The van der Waals surface area contributed by atoms with Crippen molar-refractivity contribution >= 4 is 0 Å². The lowest BCUT2D eigenvalue weighted by molar-refractivity contribution is 0.321. The van der Waals surface area contributed by atoms with Crippen LogP contribution in [0.1, 0.15) is 57.6 Å². The Hall–Kier alpha value is -0.820. The third kappa shape index (κ3) is 5.68. The minimum absolute atomic E-state index is 0.419. The quantitative estimate of drug-likeness (QED) is 0.726. The average Bonchev–Trinajstić information content (AvgIpc) is 2.34. The van der Waals surface area contributed by atoms with Crippen molar-refractivity contribution in [3.05, 3.63) is 35.4 Å². The van der Waals surface area contributed by atoms with Crippen molar-refractivity contribution in [2.75, 3.05) is 6.54 Å². The fourth-order valence-corrected chi connectivity index (χ4v) is 2.50. The van der Waals surface area contributed by atoms with Crippen molar-refractivity contribution in [3.8, 4) is 0 Å². The molecule has 0 saturated heterocycles. The molecule has 0 spiro atoms. The molecule has 0 aliphatic rings. The average molecular weight is 247 g/mol. The Balaban J connectivity index is 2.60. The minimum Gasteiger partial charge on any atom is -0.330 e. The van der Waals surface area contributed by atoms with Gasteiger partial charge >= 0.3 is 0 Å². The maximum atomic E-state index is 5.57. The molecule has 0 aliphatic carbocycles. The summed E-state index contributed by atoms with van der Waals surface area (Å²) in [6, 6.07) is 9.04. The van der Waals surface area contributed by atoms with Crippen LogP contribution in [0.4, 0.5) is 0 Å². The fourth-order valence-electron chi connectivity index (χ4n) is 2.50. The summed E-state index contributed by atoms with van der Waals surface area (Å²) in [4.78, 5) is 0. The van der Waals surface area contributed by atoms with Gasteiger partial charge in [0.2, 0.25) is 0 Å². The van der Waals surface area contributed by atoms with Gasteiger partial charge in [-0.15, -0.1) is 0 Å². The Kier molecular flexibility index (Phi) is 6.42. The smallest absolute Gasteiger partial charge is 0.00741 e. The van der Waals surface area contributed by atoms with Crippen LogP contribution in [0.15, 0.2) is 24.3 Å². The predicted molar refractivity (Wildman–Crippen MR) is 80.8 cm³/mol. The van der Waals surface area contributed by atoms with Gasteiger partial charge in [-0.2, -0.15) is 0 Å². The van der Waals surface area contributed by atoms with Crippen molar-refractivity contribution in [1.82, 2.24) is 0 Å². The highest BCUT2D eigenvalue weighted by molar-refractivity contribution is 5.24. The zero-order chi connectivity index (χ0) is 13.4. The van der Waals surface area contributed by atoms with E-state index in [1.807, 2.05) is 0 Å². The molecule has 0 aliphatic heterocycles. The van der Waals surface area contributed by atoms with E-state index in [1.54, 1.807) is 0 Å². The van der Waals surface area contributed by atoms with E-state index in [0.717, 1.165) is 19.4 Å². The Labute approximate surface area is 113 Å².